The molecule has 73 heavy (non-hydrogen) atoms. The number of carbonyl (C=O) groups excluding carboxylic acids is 3. The summed E-state index contributed by atoms with van der Waals surface area (Å²) in [6.45, 7) is -0.390. The number of aliphatic hydroxyl groups excluding tert-OH is 1. The second-order valence-corrected chi connectivity index (χ2v) is 18.5. The number of aliphatic hydroxyl groups is 1. The van der Waals surface area contributed by atoms with Gasteiger partial charge in [0, 0.05) is 77.7 Å². The highest BCUT2D eigenvalue weighted by molar-refractivity contribution is 6.41. The van der Waals surface area contributed by atoms with Crippen molar-refractivity contribution in [2.75, 3.05) is 39.6 Å². The predicted molar refractivity (Wildman–Crippen MR) is 273 cm³/mol. The molecule has 0 aromatic heterocycles. The number of fused-ring (bicyclic) bond motifs is 4. The number of nitrogens with zero attached hydrogens (tertiary/aromatic N) is 2. The lowest BCUT2D eigenvalue weighted by molar-refractivity contribution is -0.111. The number of ketones is 1. The molecule has 2 amide bonds. The van der Waals surface area contributed by atoms with Gasteiger partial charge in [0.1, 0.15) is 43.1 Å². The van der Waals surface area contributed by atoms with Gasteiger partial charge in [0.05, 0.1) is 56.4 Å². The second kappa shape index (κ2) is 19.5. The van der Waals surface area contributed by atoms with E-state index >= 15 is 0 Å². The van der Waals surface area contributed by atoms with E-state index in [0.29, 0.717) is 44.6 Å². The third-order valence-electron chi connectivity index (χ3n) is 12.8. The number of amides is 2. The first kappa shape index (κ1) is 49.3. The summed E-state index contributed by atoms with van der Waals surface area (Å²) >= 11 is 13.9. The number of allylic oxidation sites excluding steroid dienone is 3. The summed E-state index contributed by atoms with van der Waals surface area (Å²) in [6.07, 6.45) is 6.08. The van der Waals surface area contributed by atoms with E-state index in [-0.39, 0.29) is 79.2 Å². The van der Waals surface area contributed by atoms with Crippen molar-refractivity contribution >= 4 is 80.9 Å². The van der Waals surface area contributed by atoms with Gasteiger partial charge in [-0.3, -0.25) is 14.4 Å². The van der Waals surface area contributed by atoms with Crippen LogP contribution in [0.15, 0.2) is 142 Å². The summed E-state index contributed by atoms with van der Waals surface area (Å²) in [5.41, 5.74) is 3.13. The lowest BCUT2D eigenvalue weighted by atomic mass is 9.76. The molecule has 4 aromatic carbocycles. The number of halogens is 2. The van der Waals surface area contributed by atoms with Gasteiger partial charge >= 0.3 is 17.9 Å². The van der Waals surface area contributed by atoms with Crippen LogP contribution in [0.3, 0.4) is 0 Å². The van der Waals surface area contributed by atoms with Gasteiger partial charge in [-0.15, -0.1) is 0 Å². The molecule has 5 aliphatic rings. The van der Waals surface area contributed by atoms with Gasteiger partial charge in [0.2, 0.25) is 5.36 Å². The van der Waals surface area contributed by atoms with Gasteiger partial charge in [-0.2, -0.15) is 0 Å². The minimum Gasteiger partial charge on any atom is -0.508 e. The number of carboxylic acid groups (broad SMARTS) is 3. The van der Waals surface area contributed by atoms with Crippen molar-refractivity contribution in [1.29, 1.82) is 0 Å². The highest BCUT2D eigenvalue weighted by atomic mass is 35.5. The smallest absolute Gasteiger partial charge is 0.337 e. The first-order valence-corrected chi connectivity index (χ1v) is 23.2. The average molecular weight is 1020 g/mol. The van der Waals surface area contributed by atoms with Crippen LogP contribution in [0.5, 0.6) is 0 Å². The van der Waals surface area contributed by atoms with E-state index in [1.165, 1.54) is 66.8 Å². The molecule has 2 unspecified atom stereocenters. The molecule has 0 bridgehead atoms. The maximum atomic E-state index is 13.8. The molecule has 0 spiro atoms. The average Bonchev–Trinajstić information content (AvgIpc) is 3.36. The zero-order valence-electron chi connectivity index (χ0n) is 39.2. The molecular weight excluding hydrogens is 980 g/mol. The Morgan fingerprint density at radius 2 is 1.47 bits per heavy atom. The van der Waals surface area contributed by atoms with Crippen molar-refractivity contribution in [3.8, 4) is 22.5 Å². The molecule has 6 N–H and O–H groups in total. The summed E-state index contributed by atoms with van der Waals surface area (Å²) < 4.78 is 14.6. The number of ether oxygens (including phenoxy) is 1. The number of nitrogens with one attached hydrogen (secondary N) is 2. The van der Waals surface area contributed by atoms with Crippen LogP contribution in [0.1, 0.15) is 62.9 Å². The van der Waals surface area contributed by atoms with Crippen LogP contribution < -0.4 is 25.5 Å². The topological polar surface area (TPSA) is 236 Å². The fourth-order valence-electron chi connectivity index (χ4n) is 9.12. The first-order chi connectivity index (χ1) is 34.8. The standard InChI is InChI=1S/C55H42Cl2N4O12/c1-60(2)29-10-14-34-42(20-29)72-43-21-30(61(3)4)11-15-35(43)46(34)47-40(56)23-38(49(57)48(47)55(70)71)52(65)58-24-26-5-7-27(8-6-26)51(64)59-25-39-41(63)18-17-36-45(33-16-12-31(62)22-44(33)73-50(36)39)37-19-28(53(66)67)9-13-32(37)54(68)69/h5-23,36,44H,24-25H2,1-4H3,(H5-,58,59,62,64,65,66,67,68,69,70,71)/p+1. The van der Waals surface area contributed by atoms with Gasteiger partial charge in [0.25, 0.3) is 11.8 Å². The summed E-state index contributed by atoms with van der Waals surface area (Å²) in [6, 6.07) is 22.2. The number of rotatable bonds is 12. The van der Waals surface area contributed by atoms with Gasteiger partial charge in [0.15, 0.2) is 5.78 Å². The Morgan fingerprint density at radius 3 is 2.15 bits per heavy atom. The molecule has 2 heterocycles. The molecule has 0 fully saturated rings. The first-order valence-electron chi connectivity index (χ1n) is 22.5. The molecule has 4 aromatic rings. The van der Waals surface area contributed by atoms with Crippen LogP contribution in [-0.4, -0.2) is 96.8 Å². The number of carbonyl (C=O) groups is 6. The van der Waals surface area contributed by atoms with Crippen molar-refractivity contribution in [3.05, 3.63) is 192 Å². The van der Waals surface area contributed by atoms with Crippen molar-refractivity contribution in [2.45, 2.75) is 12.6 Å². The highest BCUT2D eigenvalue weighted by Gasteiger charge is 2.40. The van der Waals surface area contributed by atoms with Crippen LogP contribution in [0.4, 0.5) is 5.69 Å². The molecule has 16 nitrogen and oxygen atoms in total. The fraction of sp³-hybridized carbons (Fsp3) is 0.145. The minimum atomic E-state index is -1.41. The minimum absolute atomic E-state index is 0.0423. The molecule has 0 radical (unpaired) electrons. The Balaban J connectivity index is 0.952. The van der Waals surface area contributed by atoms with E-state index in [4.69, 9.17) is 32.4 Å². The number of hydrogen-bond donors (Lipinski definition) is 6. The maximum absolute atomic E-state index is 13.8. The Labute approximate surface area is 425 Å². The summed E-state index contributed by atoms with van der Waals surface area (Å²) in [7, 11) is 7.54. The van der Waals surface area contributed by atoms with Crippen molar-refractivity contribution in [1.82, 2.24) is 15.2 Å². The van der Waals surface area contributed by atoms with Crippen LogP contribution in [0.2, 0.25) is 10.0 Å². The van der Waals surface area contributed by atoms with E-state index in [1.807, 2.05) is 74.1 Å². The molecule has 2 atom stereocenters. The maximum Gasteiger partial charge on any atom is 0.337 e. The fourth-order valence-corrected chi connectivity index (χ4v) is 9.73. The zero-order chi connectivity index (χ0) is 52.2. The lowest BCUT2D eigenvalue weighted by Gasteiger charge is -2.37. The quantitative estimate of drug-likeness (QED) is 0.0501. The van der Waals surface area contributed by atoms with Crippen molar-refractivity contribution < 1.29 is 58.3 Å². The van der Waals surface area contributed by atoms with Crippen molar-refractivity contribution in [2.24, 2.45) is 5.92 Å². The van der Waals surface area contributed by atoms with E-state index in [0.717, 1.165) is 11.0 Å². The summed E-state index contributed by atoms with van der Waals surface area (Å²) in [5, 5.41) is 47.5. The van der Waals surface area contributed by atoms with E-state index in [9.17, 15) is 49.2 Å². The van der Waals surface area contributed by atoms with E-state index in [2.05, 4.69) is 10.6 Å². The van der Waals surface area contributed by atoms with Gasteiger partial charge in [-0.1, -0.05) is 47.5 Å². The zero-order valence-corrected chi connectivity index (χ0v) is 40.8. The van der Waals surface area contributed by atoms with Crippen LogP contribution in [0.25, 0.3) is 39.0 Å². The molecule has 0 saturated carbocycles. The molecule has 9 rings (SSSR count). The van der Waals surface area contributed by atoms with E-state index in [1.54, 1.807) is 12.1 Å². The van der Waals surface area contributed by atoms with Gasteiger partial charge in [-0.25, -0.2) is 19.0 Å². The second-order valence-electron chi connectivity index (χ2n) is 17.7. The third-order valence-corrected chi connectivity index (χ3v) is 13.5. The Kier molecular flexibility index (Phi) is 13.1. The normalized spacial score (nSPS) is 15.9. The highest BCUT2D eigenvalue weighted by Crippen LogP contribution is 2.48. The van der Waals surface area contributed by atoms with Crippen LogP contribution >= 0.6 is 23.2 Å². The Morgan fingerprint density at radius 1 is 0.740 bits per heavy atom. The van der Waals surface area contributed by atoms with Crippen LogP contribution in [0, 0.1) is 5.92 Å². The molecular formula is C55H43Cl2N4O12+. The number of aromatic carboxylic acids is 3. The molecule has 2 aliphatic heterocycles. The third kappa shape index (κ3) is 9.25. The summed E-state index contributed by atoms with van der Waals surface area (Å²) in [4.78, 5) is 80.3. The number of benzene rings is 5. The van der Waals surface area contributed by atoms with Crippen LogP contribution in [-0.2, 0) is 16.1 Å². The molecule has 368 valence electrons. The SMILES string of the molecule is CN(C)c1ccc2c(-c3c(Cl)cc(C(=O)NCc4ccc(C(=O)NCC5=C6OC7C=C(O)C=CC7=C(c7cc(C(=O)O)ccc7C(=O)O)C6C=CC5=O)cc4)c(Cl)c3C(=O)O)c3ccc(=[N+](C)C)cc-3oc2c1. The van der Waals surface area contributed by atoms with E-state index < -0.39 is 47.5 Å². The monoisotopic (exact) mass is 1020 g/mol. The lowest BCUT2D eigenvalue weighted by Crippen LogP contribution is -2.35. The Bertz CT molecular complexity index is 3630. The number of carboxylic acids is 3. The summed E-state index contributed by atoms with van der Waals surface area (Å²) in [5.74, 6) is -6.30. The Hall–Kier alpha value is -8.73. The van der Waals surface area contributed by atoms with Crippen molar-refractivity contribution in [3.63, 3.8) is 0 Å². The van der Waals surface area contributed by atoms with Gasteiger partial charge in [-0.05, 0) is 83.4 Å². The van der Waals surface area contributed by atoms with Gasteiger partial charge < -0.3 is 45.1 Å². The molecule has 18 heteroatoms. The predicted octanol–water partition coefficient (Wildman–Crippen LogP) is 8.24. The number of hydrogen-bond acceptors (Lipinski definition) is 10. The molecule has 3 aliphatic carbocycles. The largest absolute Gasteiger partial charge is 0.508 e. The molecule has 0 saturated heterocycles. The number of anilines is 1.